The van der Waals surface area contributed by atoms with Gasteiger partial charge in [-0.25, -0.2) is 4.79 Å². The largest absolute Gasteiger partial charge is 0.445 e. The smallest absolute Gasteiger partial charge is 0.435 e. The van der Waals surface area contributed by atoms with Gasteiger partial charge in [-0.1, -0.05) is 42.5 Å². The molecule has 0 radical (unpaired) electrons. The van der Waals surface area contributed by atoms with Crippen LogP contribution < -0.4 is 10.6 Å². The molecule has 6 rings (SSSR count). The van der Waals surface area contributed by atoms with Gasteiger partial charge in [0, 0.05) is 18.2 Å². The third kappa shape index (κ3) is 6.34. The quantitative estimate of drug-likeness (QED) is 0.258. The second kappa shape index (κ2) is 12.0. The average Bonchev–Trinajstić information content (AvgIpc) is 3.81. The molecule has 2 aromatic heterocycles. The van der Waals surface area contributed by atoms with Crippen molar-refractivity contribution in [2.75, 3.05) is 18.4 Å². The van der Waals surface area contributed by atoms with Crippen LogP contribution in [0.1, 0.15) is 84.4 Å². The summed E-state index contributed by atoms with van der Waals surface area (Å²) in [6.07, 6.45) is 5.15. The Morgan fingerprint density at radius 3 is 2.35 bits per heavy atom. The van der Waals surface area contributed by atoms with Gasteiger partial charge in [-0.3, -0.25) is 14.5 Å². The van der Waals surface area contributed by atoms with Crippen LogP contribution in [0.4, 0.5) is 10.6 Å². The van der Waals surface area contributed by atoms with Crippen molar-refractivity contribution in [3.8, 4) is 0 Å². The Labute approximate surface area is 250 Å². The number of carbonyl (C=O) groups is 3. The molecule has 0 atom stereocenters. The van der Waals surface area contributed by atoms with Crippen molar-refractivity contribution >= 4 is 34.8 Å². The summed E-state index contributed by atoms with van der Waals surface area (Å²) in [6, 6.07) is 18.5. The molecule has 10 heteroatoms. The van der Waals surface area contributed by atoms with Gasteiger partial charge in [0.1, 0.15) is 11.6 Å². The van der Waals surface area contributed by atoms with Gasteiger partial charge >= 0.3 is 6.09 Å². The molecule has 0 bridgehead atoms. The number of anilines is 1. The number of furan rings is 1. The molecule has 2 aliphatic rings. The van der Waals surface area contributed by atoms with E-state index in [4.69, 9.17) is 9.15 Å². The first kappa shape index (κ1) is 28.7. The highest BCUT2D eigenvalue weighted by molar-refractivity contribution is 6.08. The molecule has 1 aliphatic heterocycles. The Balaban J connectivity index is 1.25. The maximum Gasteiger partial charge on any atom is 0.435 e. The molecule has 2 fully saturated rings. The normalized spacial score (nSPS) is 16.0. The van der Waals surface area contributed by atoms with Crippen LogP contribution in [0.3, 0.4) is 0 Å². The predicted octanol–water partition coefficient (Wildman–Crippen LogP) is 6.07. The zero-order valence-corrected chi connectivity index (χ0v) is 24.6. The third-order valence-corrected chi connectivity index (χ3v) is 8.30. The topological polar surface area (TPSA) is 119 Å². The Morgan fingerprint density at radius 2 is 1.65 bits per heavy atom. The first-order valence-corrected chi connectivity index (χ1v) is 15.0. The fraction of sp³-hybridized carbons (Fsp3) is 0.394. The zero-order chi connectivity index (χ0) is 30.0. The second-order valence-electron chi connectivity index (χ2n) is 12.0. The van der Waals surface area contributed by atoms with Gasteiger partial charge in [0.25, 0.3) is 11.8 Å². The minimum absolute atomic E-state index is 0.0133. The molecule has 4 aromatic rings. The number of benzene rings is 2. The first-order valence-electron chi connectivity index (χ1n) is 15.0. The summed E-state index contributed by atoms with van der Waals surface area (Å²) < 4.78 is 12.7. The van der Waals surface area contributed by atoms with Crippen molar-refractivity contribution in [2.45, 2.75) is 70.6 Å². The lowest BCUT2D eigenvalue weighted by atomic mass is 9.94. The zero-order valence-electron chi connectivity index (χ0n) is 24.6. The maximum atomic E-state index is 13.3. The SMILES string of the molecule is CC(C)(NC(=O)c1cc2c(o1)c(NC(=O)c1ccc(CN3CCCC3)cc1)nn2C(=O)OC1CCCC1)c1ccccc1. The van der Waals surface area contributed by atoms with Crippen molar-refractivity contribution in [3.63, 3.8) is 0 Å². The van der Waals surface area contributed by atoms with E-state index in [1.165, 1.54) is 18.9 Å². The van der Waals surface area contributed by atoms with Crippen molar-refractivity contribution in [3.05, 3.63) is 83.1 Å². The molecule has 0 spiro atoms. The fourth-order valence-corrected chi connectivity index (χ4v) is 5.85. The van der Waals surface area contributed by atoms with Crippen LogP contribution in [0.5, 0.6) is 0 Å². The Hall–Kier alpha value is -4.44. The highest BCUT2D eigenvalue weighted by Gasteiger charge is 2.30. The van der Waals surface area contributed by atoms with Crippen LogP contribution in [0.25, 0.3) is 11.1 Å². The molecular weight excluding hydrogens is 546 g/mol. The highest BCUT2D eigenvalue weighted by Crippen LogP contribution is 2.30. The van der Waals surface area contributed by atoms with Gasteiger partial charge < -0.3 is 19.8 Å². The van der Waals surface area contributed by atoms with Gasteiger partial charge in [-0.05, 0) is 88.7 Å². The average molecular weight is 584 g/mol. The van der Waals surface area contributed by atoms with Crippen LogP contribution in [0.15, 0.2) is 65.1 Å². The van der Waals surface area contributed by atoms with Gasteiger partial charge in [-0.2, -0.15) is 4.68 Å². The summed E-state index contributed by atoms with van der Waals surface area (Å²) in [6.45, 7) is 6.83. The van der Waals surface area contributed by atoms with Gasteiger partial charge in [-0.15, -0.1) is 5.10 Å². The molecule has 3 heterocycles. The van der Waals surface area contributed by atoms with E-state index in [0.29, 0.717) is 5.56 Å². The standard InChI is InChI=1S/C33H37N5O5/c1-33(2,24-10-4-3-5-11-24)35-31(40)27-20-26-28(43-27)29(36-38(26)32(41)42-25-12-6-7-13-25)34-30(39)23-16-14-22(15-17-23)21-37-18-8-9-19-37/h3-5,10-11,14-17,20,25H,6-9,12-13,18-19,21H2,1-2H3,(H,35,40)(H,34,36,39). The summed E-state index contributed by atoms with van der Waals surface area (Å²) in [5, 5.41) is 10.1. The monoisotopic (exact) mass is 583 g/mol. The lowest BCUT2D eigenvalue weighted by Gasteiger charge is -2.26. The lowest BCUT2D eigenvalue weighted by molar-refractivity contribution is 0.0884. The number of hydrogen-bond donors (Lipinski definition) is 2. The molecule has 43 heavy (non-hydrogen) atoms. The van der Waals surface area contributed by atoms with E-state index in [9.17, 15) is 14.4 Å². The second-order valence-corrected chi connectivity index (χ2v) is 12.0. The van der Waals surface area contributed by atoms with Gasteiger partial charge in [0.05, 0.1) is 5.54 Å². The van der Waals surface area contributed by atoms with Crippen molar-refractivity contribution < 1.29 is 23.5 Å². The molecule has 1 aliphatic carbocycles. The van der Waals surface area contributed by atoms with E-state index < -0.39 is 23.4 Å². The number of nitrogens with one attached hydrogen (secondary N) is 2. The molecule has 2 amide bonds. The Bertz CT molecular complexity index is 1610. The van der Waals surface area contributed by atoms with E-state index in [2.05, 4.69) is 20.6 Å². The molecule has 1 saturated heterocycles. The number of nitrogens with zero attached hydrogens (tertiary/aromatic N) is 3. The van der Waals surface area contributed by atoms with E-state index in [1.54, 1.807) is 12.1 Å². The summed E-state index contributed by atoms with van der Waals surface area (Å²) in [5.41, 5.74) is 2.16. The number of rotatable bonds is 8. The van der Waals surface area contributed by atoms with E-state index in [0.717, 1.165) is 61.1 Å². The minimum Gasteiger partial charge on any atom is -0.445 e. The molecule has 0 unspecified atom stereocenters. The summed E-state index contributed by atoms with van der Waals surface area (Å²) in [4.78, 5) is 42.2. The lowest BCUT2D eigenvalue weighted by Crippen LogP contribution is -2.40. The predicted molar refractivity (Wildman–Crippen MR) is 162 cm³/mol. The Morgan fingerprint density at radius 1 is 0.953 bits per heavy atom. The summed E-state index contributed by atoms with van der Waals surface area (Å²) in [5.74, 6) is -0.853. The van der Waals surface area contributed by atoms with E-state index >= 15 is 0 Å². The molecule has 224 valence electrons. The maximum absolute atomic E-state index is 13.3. The minimum atomic E-state index is -0.692. The van der Waals surface area contributed by atoms with Gasteiger partial charge in [0.15, 0.2) is 17.2 Å². The van der Waals surface area contributed by atoms with Crippen LogP contribution >= 0.6 is 0 Å². The van der Waals surface area contributed by atoms with Crippen LogP contribution in [0.2, 0.25) is 0 Å². The van der Waals surface area contributed by atoms with Crippen molar-refractivity contribution in [1.29, 1.82) is 0 Å². The number of ether oxygens (including phenoxy) is 1. The van der Waals surface area contributed by atoms with Crippen LogP contribution in [-0.2, 0) is 16.8 Å². The summed E-state index contributed by atoms with van der Waals surface area (Å²) >= 11 is 0. The van der Waals surface area contributed by atoms with Crippen LogP contribution in [-0.4, -0.2) is 51.8 Å². The molecule has 10 nitrogen and oxygen atoms in total. The number of carbonyl (C=O) groups excluding carboxylic acids is 3. The Kier molecular flexibility index (Phi) is 8.03. The third-order valence-electron chi connectivity index (χ3n) is 8.30. The van der Waals surface area contributed by atoms with Crippen molar-refractivity contribution in [1.82, 2.24) is 20.0 Å². The molecular formula is C33H37N5O5. The number of likely N-dealkylation sites (tertiary alicyclic amines) is 1. The molecule has 1 saturated carbocycles. The summed E-state index contributed by atoms with van der Waals surface area (Å²) in [7, 11) is 0. The highest BCUT2D eigenvalue weighted by atomic mass is 16.6. The number of aromatic nitrogens is 2. The number of hydrogen-bond acceptors (Lipinski definition) is 7. The van der Waals surface area contributed by atoms with Gasteiger partial charge in [0.2, 0.25) is 0 Å². The molecule has 2 N–H and O–H groups in total. The van der Waals surface area contributed by atoms with Crippen LogP contribution in [0, 0.1) is 0 Å². The van der Waals surface area contributed by atoms with E-state index in [-0.39, 0.29) is 28.8 Å². The van der Waals surface area contributed by atoms with Crippen molar-refractivity contribution in [2.24, 2.45) is 0 Å². The first-order chi connectivity index (χ1) is 20.8. The number of fused-ring (bicyclic) bond motifs is 1. The molecule has 2 aromatic carbocycles. The fourth-order valence-electron chi connectivity index (χ4n) is 5.85. The number of amides is 2. The van der Waals surface area contributed by atoms with E-state index in [1.807, 2.05) is 56.3 Å².